The monoisotopic (exact) mass is 220 g/mol. The number of nitrogens with zero attached hydrogens (tertiary/aromatic N) is 2. The van der Waals surface area contributed by atoms with Crippen molar-refractivity contribution in [3.8, 4) is 0 Å². The molecular formula is C8H10Cl2N2O. The lowest BCUT2D eigenvalue weighted by molar-refractivity contribution is -0.0597. The topological polar surface area (TPSA) is 27.1 Å². The van der Waals surface area contributed by atoms with Crippen LogP contribution in [0.1, 0.15) is 25.5 Å². The molecule has 0 saturated carbocycles. The molecule has 1 saturated heterocycles. The number of hydrogen-bond acceptors (Lipinski definition) is 2. The van der Waals surface area contributed by atoms with Gasteiger partial charge >= 0.3 is 0 Å². The van der Waals surface area contributed by atoms with Crippen LogP contribution >= 0.6 is 23.2 Å². The molecule has 0 aliphatic carbocycles. The van der Waals surface area contributed by atoms with Crippen molar-refractivity contribution >= 4 is 23.2 Å². The first kappa shape index (κ1) is 9.31. The lowest BCUT2D eigenvalue weighted by Gasteiger charge is -2.26. The summed E-state index contributed by atoms with van der Waals surface area (Å²) >= 11 is 11.6. The predicted molar refractivity (Wildman–Crippen MR) is 50.9 cm³/mol. The summed E-state index contributed by atoms with van der Waals surface area (Å²) in [6.45, 7) is 0. The molecule has 1 fully saturated rings. The van der Waals surface area contributed by atoms with Gasteiger partial charge in [-0.3, -0.25) is 0 Å². The summed E-state index contributed by atoms with van der Waals surface area (Å²) < 4.78 is 7.21. The highest BCUT2D eigenvalue weighted by molar-refractivity contribution is 6.30. The van der Waals surface area contributed by atoms with Crippen LogP contribution < -0.4 is 0 Å². The fourth-order valence-corrected chi connectivity index (χ4v) is 1.84. The molecule has 5 heteroatoms. The third-order valence-corrected chi connectivity index (χ3v) is 2.57. The number of aromatic nitrogens is 2. The Bertz CT molecular complexity index is 289. The Hall–Kier alpha value is -0.250. The van der Waals surface area contributed by atoms with E-state index >= 15 is 0 Å². The van der Waals surface area contributed by atoms with Crippen LogP contribution in [0.5, 0.6) is 0 Å². The first-order chi connectivity index (χ1) is 6.25. The van der Waals surface area contributed by atoms with Crippen LogP contribution in [0.2, 0.25) is 5.02 Å². The molecule has 0 aromatic carbocycles. The summed E-state index contributed by atoms with van der Waals surface area (Å²) in [4.78, 5) is 0. The lowest BCUT2D eigenvalue weighted by atomic mass is 10.2. The van der Waals surface area contributed by atoms with Crippen molar-refractivity contribution in [3.63, 3.8) is 0 Å². The van der Waals surface area contributed by atoms with E-state index < -0.39 is 0 Å². The second-order valence-electron chi connectivity index (χ2n) is 3.07. The van der Waals surface area contributed by atoms with Crippen molar-refractivity contribution in [2.24, 2.45) is 0 Å². The summed E-state index contributed by atoms with van der Waals surface area (Å²) in [5.74, 6) is 0. The quantitative estimate of drug-likeness (QED) is 0.681. The molecular weight excluding hydrogens is 211 g/mol. The van der Waals surface area contributed by atoms with Crippen LogP contribution in [0.4, 0.5) is 0 Å². The van der Waals surface area contributed by atoms with Crippen molar-refractivity contribution in [1.29, 1.82) is 0 Å². The maximum absolute atomic E-state index is 5.87. The minimum atomic E-state index is -0.193. The molecule has 3 nitrogen and oxygen atoms in total. The average molecular weight is 221 g/mol. The van der Waals surface area contributed by atoms with Crippen LogP contribution in [-0.2, 0) is 4.74 Å². The second kappa shape index (κ2) is 3.86. The standard InChI is InChI=1S/C8H10Cl2N2O/c9-6-4-11-12(5-6)8-3-1-2-7(10)13-8/h4-5,7-8H,1-3H2. The van der Waals surface area contributed by atoms with Crippen LogP contribution in [0.25, 0.3) is 0 Å². The first-order valence-corrected chi connectivity index (χ1v) is 5.06. The number of rotatable bonds is 1. The normalized spacial score (nSPS) is 29.1. The molecule has 1 aromatic heterocycles. The number of alkyl halides is 1. The van der Waals surface area contributed by atoms with Gasteiger partial charge in [0, 0.05) is 6.20 Å². The fraction of sp³-hybridized carbons (Fsp3) is 0.625. The molecule has 2 unspecified atom stereocenters. The van der Waals surface area contributed by atoms with E-state index in [1.165, 1.54) is 0 Å². The largest absolute Gasteiger partial charge is 0.338 e. The smallest absolute Gasteiger partial charge is 0.152 e. The maximum Gasteiger partial charge on any atom is 0.152 e. The van der Waals surface area contributed by atoms with Gasteiger partial charge in [-0.1, -0.05) is 23.2 Å². The highest BCUT2D eigenvalue weighted by Crippen LogP contribution is 2.28. The summed E-state index contributed by atoms with van der Waals surface area (Å²) in [6, 6.07) is 0. The minimum absolute atomic E-state index is 0.0521. The average Bonchev–Trinajstić information content (AvgIpc) is 2.52. The van der Waals surface area contributed by atoms with Gasteiger partial charge in [0.25, 0.3) is 0 Å². The molecule has 13 heavy (non-hydrogen) atoms. The summed E-state index contributed by atoms with van der Waals surface area (Å²) in [6.07, 6.45) is 6.22. The zero-order valence-corrected chi connectivity index (χ0v) is 8.50. The number of ether oxygens (including phenoxy) is 1. The van der Waals surface area contributed by atoms with Crippen LogP contribution in [0.15, 0.2) is 12.4 Å². The Morgan fingerprint density at radius 3 is 3.00 bits per heavy atom. The summed E-state index contributed by atoms with van der Waals surface area (Å²) in [5, 5.41) is 4.70. The first-order valence-electron chi connectivity index (χ1n) is 4.25. The van der Waals surface area contributed by atoms with Crippen molar-refractivity contribution in [1.82, 2.24) is 9.78 Å². The van der Waals surface area contributed by atoms with Gasteiger partial charge in [0.15, 0.2) is 6.23 Å². The Balaban J connectivity index is 2.08. The molecule has 72 valence electrons. The maximum atomic E-state index is 5.87. The molecule has 2 atom stereocenters. The molecule has 1 aromatic rings. The van der Waals surface area contributed by atoms with Crippen molar-refractivity contribution in [3.05, 3.63) is 17.4 Å². The van der Waals surface area contributed by atoms with Crippen molar-refractivity contribution < 1.29 is 4.74 Å². The van der Waals surface area contributed by atoms with Gasteiger partial charge in [-0.2, -0.15) is 5.10 Å². The highest BCUT2D eigenvalue weighted by atomic mass is 35.5. The van der Waals surface area contributed by atoms with Crippen LogP contribution in [-0.4, -0.2) is 15.3 Å². The Morgan fingerprint density at radius 1 is 1.54 bits per heavy atom. The number of halogens is 2. The summed E-state index contributed by atoms with van der Waals surface area (Å²) in [7, 11) is 0. The molecule has 0 amide bonds. The van der Waals surface area contributed by atoms with Gasteiger partial charge in [0.2, 0.25) is 0 Å². The Kier molecular flexibility index (Phi) is 2.77. The van der Waals surface area contributed by atoms with Crippen LogP contribution in [0, 0.1) is 0 Å². The molecule has 0 N–H and O–H groups in total. The van der Waals surface area contributed by atoms with E-state index in [-0.39, 0.29) is 11.8 Å². The van der Waals surface area contributed by atoms with E-state index in [1.54, 1.807) is 17.1 Å². The van der Waals surface area contributed by atoms with Gasteiger partial charge in [0.05, 0.1) is 11.2 Å². The SMILES string of the molecule is Clc1cnn(C2CCCC(Cl)O2)c1. The van der Waals surface area contributed by atoms with E-state index in [0.717, 1.165) is 19.3 Å². The molecule has 1 aliphatic heterocycles. The highest BCUT2D eigenvalue weighted by Gasteiger charge is 2.22. The third-order valence-electron chi connectivity index (χ3n) is 2.05. The van der Waals surface area contributed by atoms with Crippen molar-refractivity contribution in [2.75, 3.05) is 0 Å². The lowest BCUT2D eigenvalue weighted by Crippen LogP contribution is -2.22. The van der Waals surface area contributed by atoms with Gasteiger partial charge < -0.3 is 4.74 Å². The van der Waals surface area contributed by atoms with E-state index in [2.05, 4.69) is 5.10 Å². The van der Waals surface area contributed by atoms with E-state index in [9.17, 15) is 0 Å². The fourth-order valence-electron chi connectivity index (χ4n) is 1.43. The summed E-state index contributed by atoms with van der Waals surface area (Å²) in [5.41, 5.74) is -0.193. The molecule has 0 bridgehead atoms. The molecule has 2 rings (SSSR count). The van der Waals surface area contributed by atoms with E-state index in [0.29, 0.717) is 5.02 Å². The molecule has 0 spiro atoms. The van der Waals surface area contributed by atoms with Crippen molar-refractivity contribution in [2.45, 2.75) is 31.1 Å². The van der Waals surface area contributed by atoms with Gasteiger partial charge in [-0.05, 0) is 19.3 Å². The second-order valence-corrected chi connectivity index (χ2v) is 3.99. The van der Waals surface area contributed by atoms with Gasteiger partial charge in [-0.25, -0.2) is 4.68 Å². The predicted octanol–water partition coefficient (Wildman–Crippen LogP) is 2.80. The Morgan fingerprint density at radius 2 is 2.38 bits per heavy atom. The molecule has 2 heterocycles. The number of hydrogen-bond donors (Lipinski definition) is 0. The van der Waals surface area contributed by atoms with Crippen LogP contribution in [0.3, 0.4) is 0 Å². The zero-order valence-electron chi connectivity index (χ0n) is 6.99. The molecule has 0 radical (unpaired) electrons. The van der Waals surface area contributed by atoms with E-state index in [4.69, 9.17) is 27.9 Å². The van der Waals surface area contributed by atoms with Gasteiger partial charge in [-0.15, -0.1) is 0 Å². The van der Waals surface area contributed by atoms with Gasteiger partial charge in [0.1, 0.15) is 5.56 Å². The van der Waals surface area contributed by atoms with E-state index in [1.807, 2.05) is 0 Å². The zero-order chi connectivity index (χ0) is 9.26. The third kappa shape index (κ3) is 2.16. The molecule has 1 aliphatic rings. The Labute approximate surface area is 86.6 Å². The minimum Gasteiger partial charge on any atom is -0.338 e.